The smallest absolute Gasteiger partial charge is 0.162 e. The molecule has 5 nitrogen and oxygen atoms in total. The van der Waals surface area contributed by atoms with E-state index in [-0.39, 0.29) is 0 Å². The number of ether oxygens (including phenoxy) is 2. The van der Waals surface area contributed by atoms with Gasteiger partial charge in [0.1, 0.15) is 11.6 Å². The lowest BCUT2D eigenvalue weighted by molar-refractivity contribution is 0.355. The zero-order valence-corrected chi connectivity index (χ0v) is 15.6. The molecule has 1 heterocycles. The lowest BCUT2D eigenvalue weighted by atomic mass is 9.88. The van der Waals surface area contributed by atoms with Crippen molar-refractivity contribution in [1.29, 1.82) is 0 Å². The monoisotopic (exact) mass is 343 g/mol. The second kappa shape index (κ2) is 8.37. The maximum absolute atomic E-state index is 5.46. The van der Waals surface area contributed by atoms with Crippen LogP contribution in [0.2, 0.25) is 0 Å². The van der Waals surface area contributed by atoms with Crippen molar-refractivity contribution in [3.8, 4) is 11.5 Å². The number of fused-ring (bicyclic) bond motifs is 1. The summed E-state index contributed by atoms with van der Waals surface area (Å²) in [6, 6.07) is 3.94. The van der Waals surface area contributed by atoms with E-state index in [1.807, 2.05) is 12.1 Å². The zero-order chi connectivity index (χ0) is 17.6. The zero-order valence-electron chi connectivity index (χ0n) is 15.6. The van der Waals surface area contributed by atoms with E-state index in [1.165, 1.54) is 32.1 Å². The van der Waals surface area contributed by atoms with Gasteiger partial charge in [-0.2, -0.15) is 0 Å². The van der Waals surface area contributed by atoms with Crippen molar-refractivity contribution in [2.24, 2.45) is 0 Å². The van der Waals surface area contributed by atoms with Crippen molar-refractivity contribution in [3.63, 3.8) is 0 Å². The van der Waals surface area contributed by atoms with Gasteiger partial charge in [-0.15, -0.1) is 0 Å². The van der Waals surface area contributed by atoms with Gasteiger partial charge in [0.2, 0.25) is 0 Å². The summed E-state index contributed by atoms with van der Waals surface area (Å²) in [6.07, 6.45) is 8.53. The Hall–Kier alpha value is -2.04. The van der Waals surface area contributed by atoms with Crippen LogP contribution in [0.25, 0.3) is 10.9 Å². The van der Waals surface area contributed by atoms with Crippen molar-refractivity contribution in [2.45, 2.75) is 57.8 Å². The highest BCUT2D eigenvalue weighted by Gasteiger charge is 2.21. The third-order valence-corrected chi connectivity index (χ3v) is 5.01. The third kappa shape index (κ3) is 3.97. The van der Waals surface area contributed by atoms with Crippen LogP contribution in [-0.2, 0) is 0 Å². The normalized spacial score (nSPS) is 15.3. The fourth-order valence-corrected chi connectivity index (χ4v) is 3.54. The molecule has 0 spiro atoms. The van der Waals surface area contributed by atoms with E-state index in [4.69, 9.17) is 19.4 Å². The summed E-state index contributed by atoms with van der Waals surface area (Å²) in [5.41, 5.74) is 0.923. The lowest BCUT2D eigenvalue weighted by Crippen LogP contribution is -2.12. The first-order chi connectivity index (χ1) is 12.3. The minimum atomic E-state index is 0.470. The fraction of sp³-hybridized carbons (Fsp3) is 0.600. The number of hydrogen-bond donors (Lipinski definition) is 1. The first-order valence-corrected chi connectivity index (χ1v) is 9.44. The molecule has 5 heteroatoms. The van der Waals surface area contributed by atoms with Crippen LogP contribution in [0.5, 0.6) is 11.5 Å². The number of benzene rings is 1. The van der Waals surface area contributed by atoms with Crippen LogP contribution >= 0.6 is 0 Å². The topological polar surface area (TPSA) is 56.3 Å². The standard InChI is InChI=1S/C20H29N3O2/c1-4-5-11-21-20-15-12-17(24-2)18(25-3)13-16(15)22-19(23-20)14-9-7-6-8-10-14/h12-14H,4-11H2,1-3H3,(H,21,22,23). The second-order valence-corrected chi connectivity index (χ2v) is 6.77. The first kappa shape index (κ1) is 17.8. The van der Waals surface area contributed by atoms with Gasteiger partial charge in [-0.1, -0.05) is 32.6 Å². The van der Waals surface area contributed by atoms with Crippen LogP contribution in [-0.4, -0.2) is 30.7 Å². The highest BCUT2D eigenvalue weighted by atomic mass is 16.5. The molecule has 1 aromatic carbocycles. The SMILES string of the molecule is CCCCNc1nc(C2CCCCC2)nc2cc(OC)c(OC)cc12. The average molecular weight is 343 g/mol. The van der Waals surface area contributed by atoms with Gasteiger partial charge in [-0.25, -0.2) is 9.97 Å². The van der Waals surface area contributed by atoms with Crippen molar-refractivity contribution >= 4 is 16.7 Å². The Morgan fingerprint density at radius 1 is 1.04 bits per heavy atom. The summed E-state index contributed by atoms with van der Waals surface area (Å²) >= 11 is 0. The van der Waals surface area contributed by atoms with Gasteiger partial charge < -0.3 is 14.8 Å². The molecule has 0 unspecified atom stereocenters. The molecule has 1 aliphatic carbocycles. The summed E-state index contributed by atoms with van der Waals surface area (Å²) < 4.78 is 10.9. The molecule has 0 amide bonds. The highest BCUT2D eigenvalue weighted by Crippen LogP contribution is 2.37. The Morgan fingerprint density at radius 2 is 1.76 bits per heavy atom. The molecule has 25 heavy (non-hydrogen) atoms. The minimum Gasteiger partial charge on any atom is -0.493 e. The van der Waals surface area contributed by atoms with Crippen LogP contribution in [0.15, 0.2) is 12.1 Å². The predicted octanol–water partition coefficient (Wildman–Crippen LogP) is 4.91. The van der Waals surface area contributed by atoms with Crippen molar-refractivity contribution in [3.05, 3.63) is 18.0 Å². The van der Waals surface area contributed by atoms with Gasteiger partial charge in [-0.3, -0.25) is 0 Å². The van der Waals surface area contributed by atoms with Gasteiger partial charge in [0.05, 0.1) is 19.7 Å². The molecule has 0 atom stereocenters. The van der Waals surface area contributed by atoms with Crippen molar-refractivity contribution in [2.75, 3.05) is 26.1 Å². The number of unbranched alkanes of at least 4 members (excludes halogenated alkanes) is 1. The summed E-state index contributed by atoms with van der Waals surface area (Å²) in [7, 11) is 3.32. The third-order valence-electron chi connectivity index (χ3n) is 5.01. The molecular weight excluding hydrogens is 314 g/mol. The largest absolute Gasteiger partial charge is 0.493 e. The van der Waals surface area contributed by atoms with E-state index in [0.717, 1.165) is 41.9 Å². The van der Waals surface area contributed by atoms with Gasteiger partial charge >= 0.3 is 0 Å². The van der Waals surface area contributed by atoms with Crippen LogP contribution in [0.4, 0.5) is 5.82 Å². The maximum Gasteiger partial charge on any atom is 0.162 e. The van der Waals surface area contributed by atoms with E-state index in [2.05, 4.69) is 12.2 Å². The maximum atomic E-state index is 5.46. The molecule has 0 radical (unpaired) electrons. The van der Waals surface area contributed by atoms with Crippen molar-refractivity contribution in [1.82, 2.24) is 9.97 Å². The van der Waals surface area contributed by atoms with Gasteiger partial charge in [0, 0.05) is 23.9 Å². The molecule has 136 valence electrons. The van der Waals surface area contributed by atoms with Crippen molar-refractivity contribution < 1.29 is 9.47 Å². The Labute approximate surface area is 150 Å². The van der Waals surface area contributed by atoms with E-state index in [9.17, 15) is 0 Å². The van der Waals surface area contributed by atoms with Crippen LogP contribution in [0, 0.1) is 0 Å². The van der Waals surface area contributed by atoms with E-state index >= 15 is 0 Å². The number of aromatic nitrogens is 2. The predicted molar refractivity (Wildman–Crippen MR) is 102 cm³/mol. The molecule has 1 aromatic heterocycles. The number of nitrogens with one attached hydrogen (secondary N) is 1. The van der Waals surface area contributed by atoms with Crippen LogP contribution in [0.1, 0.15) is 63.6 Å². The molecular formula is C20H29N3O2. The highest BCUT2D eigenvalue weighted by molar-refractivity contribution is 5.91. The molecule has 1 aliphatic rings. The van der Waals surface area contributed by atoms with E-state index in [0.29, 0.717) is 17.4 Å². The number of anilines is 1. The fourth-order valence-electron chi connectivity index (χ4n) is 3.54. The van der Waals surface area contributed by atoms with Gasteiger partial charge in [0.15, 0.2) is 11.5 Å². The quantitative estimate of drug-likeness (QED) is 0.724. The number of hydrogen-bond acceptors (Lipinski definition) is 5. The Kier molecular flexibility index (Phi) is 5.95. The Balaban J connectivity index is 2.05. The number of rotatable bonds is 7. The van der Waals surface area contributed by atoms with Crippen LogP contribution in [0.3, 0.4) is 0 Å². The summed E-state index contributed by atoms with van der Waals surface area (Å²) in [6.45, 7) is 3.11. The summed E-state index contributed by atoms with van der Waals surface area (Å²) in [5.74, 6) is 3.78. The lowest BCUT2D eigenvalue weighted by Gasteiger charge is -2.22. The molecule has 1 saturated carbocycles. The number of nitrogens with zero attached hydrogens (tertiary/aromatic N) is 2. The number of methoxy groups -OCH3 is 2. The first-order valence-electron chi connectivity index (χ1n) is 9.44. The average Bonchev–Trinajstić information content (AvgIpc) is 2.67. The molecule has 2 aromatic rings. The molecule has 0 saturated heterocycles. The Bertz CT molecular complexity index is 712. The minimum absolute atomic E-state index is 0.470. The molecule has 3 rings (SSSR count). The second-order valence-electron chi connectivity index (χ2n) is 6.77. The van der Waals surface area contributed by atoms with Crippen LogP contribution < -0.4 is 14.8 Å². The Morgan fingerprint density at radius 3 is 2.44 bits per heavy atom. The van der Waals surface area contributed by atoms with E-state index < -0.39 is 0 Å². The summed E-state index contributed by atoms with van der Waals surface area (Å²) in [5, 5.41) is 4.50. The molecule has 0 aliphatic heterocycles. The molecule has 1 N–H and O–H groups in total. The van der Waals surface area contributed by atoms with Gasteiger partial charge in [-0.05, 0) is 25.3 Å². The summed E-state index contributed by atoms with van der Waals surface area (Å²) in [4.78, 5) is 9.79. The molecule has 1 fully saturated rings. The van der Waals surface area contributed by atoms with Gasteiger partial charge in [0.25, 0.3) is 0 Å². The molecule has 0 bridgehead atoms. The van der Waals surface area contributed by atoms with E-state index in [1.54, 1.807) is 14.2 Å².